The van der Waals surface area contributed by atoms with Crippen molar-refractivity contribution in [1.29, 1.82) is 0 Å². The van der Waals surface area contributed by atoms with Crippen molar-refractivity contribution in [3.63, 3.8) is 0 Å². The van der Waals surface area contributed by atoms with Crippen LogP contribution in [0.4, 0.5) is 0 Å². The summed E-state index contributed by atoms with van der Waals surface area (Å²) in [6.45, 7) is 5.10. The van der Waals surface area contributed by atoms with Gasteiger partial charge in [0.15, 0.2) is 0 Å². The normalized spacial score (nSPS) is 20.5. The fourth-order valence-electron chi connectivity index (χ4n) is 2.83. The Balaban J connectivity index is 1.96. The molecule has 0 aliphatic carbocycles. The summed E-state index contributed by atoms with van der Waals surface area (Å²) < 4.78 is 11.5. The number of hydrogen-bond donors (Lipinski definition) is 1. The van der Waals surface area contributed by atoms with Gasteiger partial charge in [0.05, 0.1) is 25.9 Å². The Labute approximate surface area is 125 Å². The van der Waals surface area contributed by atoms with Crippen LogP contribution in [-0.2, 0) is 9.47 Å². The summed E-state index contributed by atoms with van der Waals surface area (Å²) in [5, 5.41) is 6.00. The molecule has 112 valence electrons. The molecule has 3 rings (SSSR count). The van der Waals surface area contributed by atoms with Gasteiger partial charge in [0, 0.05) is 17.8 Å². The third kappa shape index (κ3) is 3.23. The quantitative estimate of drug-likeness (QED) is 0.918. The second kappa shape index (κ2) is 6.98. The van der Waals surface area contributed by atoms with Gasteiger partial charge in [-0.25, -0.2) is 0 Å². The smallest absolute Gasteiger partial charge is 0.100 e. The molecule has 1 aliphatic rings. The number of rotatable bonds is 5. The Morgan fingerprint density at radius 3 is 3.00 bits per heavy atom. The van der Waals surface area contributed by atoms with Gasteiger partial charge in [-0.3, -0.25) is 4.98 Å². The molecule has 0 spiro atoms. The highest BCUT2D eigenvalue weighted by molar-refractivity contribution is 5.85. The zero-order valence-corrected chi connectivity index (χ0v) is 12.4. The van der Waals surface area contributed by atoms with E-state index in [2.05, 4.69) is 35.4 Å². The van der Waals surface area contributed by atoms with E-state index in [1.807, 2.05) is 18.5 Å². The minimum absolute atomic E-state index is 0.0397. The average molecular weight is 286 g/mol. The van der Waals surface area contributed by atoms with Crippen LogP contribution in [-0.4, -0.2) is 37.5 Å². The fraction of sp³-hybridized carbons (Fsp3) is 0.471. The lowest BCUT2D eigenvalue weighted by Crippen LogP contribution is -2.41. The van der Waals surface area contributed by atoms with E-state index >= 15 is 0 Å². The Morgan fingerprint density at radius 1 is 1.29 bits per heavy atom. The van der Waals surface area contributed by atoms with Crippen LogP contribution < -0.4 is 5.32 Å². The van der Waals surface area contributed by atoms with Gasteiger partial charge in [0.25, 0.3) is 0 Å². The lowest BCUT2D eigenvalue weighted by molar-refractivity contribution is -0.102. The lowest BCUT2D eigenvalue weighted by atomic mass is 9.97. The van der Waals surface area contributed by atoms with Crippen LogP contribution in [0, 0.1) is 0 Å². The number of aromatic nitrogens is 1. The van der Waals surface area contributed by atoms with Crippen molar-refractivity contribution in [2.24, 2.45) is 0 Å². The summed E-state index contributed by atoms with van der Waals surface area (Å²) in [5.41, 5.74) is 1.19. The first-order valence-corrected chi connectivity index (χ1v) is 7.65. The fourth-order valence-corrected chi connectivity index (χ4v) is 2.83. The Bertz CT molecular complexity index is 577. The van der Waals surface area contributed by atoms with Crippen molar-refractivity contribution in [1.82, 2.24) is 10.3 Å². The predicted molar refractivity (Wildman–Crippen MR) is 83.3 cm³/mol. The maximum Gasteiger partial charge on any atom is 0.100 e. The monoisotopic (exact) mass is 286 g/mol. The van der Waals surface area contributed by atoms with E-state index in [4.69, 9.17) is 9.47 Å². The van der Waals surface area contributed by atoms with Crippen molar-refractivity contribution < 1.29 is 9.47 Å². The van der Waals surface area contributed by atoms with Crippen LogP contribution >= 0.6 is 0 Å². The molecule has 1 aromatic carbocycles. The molecule has 2 atom stereocenters. The Morgan fingerprint density at radius 2 is 2.19 bits per heavy atom. The summed E-state index contributed by atoms with van der Waals surface area (Å²) in [6, 6.07) is 8.48. The molecule has 0 saturated carbocycles. The number of pyridine rings is 1. The summed E-state index contributed by atoms with van der Waals surface area (Å²) in [4.78, 5) is 4.40. The van der Waals surface area contributed by atoms with E-state index in [1.165, 1.54) is 10.9 Å². The molecule has 1 aliphatic heterocycles. The molecular weight excluding hydrogens is 264 g/mol. The molecule has 2 unspecified atom stereocenters. The van der Waals surface area contributed by atoms with E-state index in [-0.39, 0.29) is 12.1 Å². The van der Waals surface area contributed by atoms with Crippen molar-refractivity contribution in [2.75, 3.05) is 26.4 Å². The van der Waals surface area contributed by atoms with Gasteiger partial charge in [-0.2, -0.15) is 0 Å². The van der Waals surface area contributed by atoms with Crippen LogP contribution in [0.25, 0.3) is 10.8 Å². The summed E-state index contributed by atoms with van der Waals surface area (Å²) in [6.07, 6.45) is 4.99. The Hall–Kier alpha value is -1.49. The molecule has 1 aromatic heterocycles. The molecule has 0 radical (unpaired) electrons. The zero-order chi connectivity index (χ0) is 14.5. The average Bonchev–Trinajstić information content (AvgIpc) is 2.56. The van der Waals surface area contributed by atoms with Crippen molar-refractivity contribution >= 4 is 10.8 Å². The summed E-state index contributed by atoms with van der Waals surface area (Å²) in [5.74, 6) is 0. The first-order valence-electron chi connectivity index (χ1n) is 7.65. The van der Waals surface area contributed by atoms with E-state index in [0.717, 1.165) is 18.4 Å². The maximum absolute atomic E-state index is 5.93. The second-order valence-corrected chi connectivity index (χ2v) is 5.37. The number of nitrogens with one attached hydrogen (secondary N) is 1. The Kier molecular flexibility index (Phi) is 4.80. The van der Waals surface area contributed by atoms with Crippen molar-refractivity contribution in [3.05, 3.63) is 42.2 Å². The topological polar surface area (TPSA) is 43.4 Å². The van der Waals surface area contributed by atoms with Crippen LogP contribution in [0.1, 0.15) is 24.9 Å². The summed E-state index contributed by atoms with van der Waals surface area (Å²) in [7, 11) is 0. The van der Waals surface area contributed by atoms with Gasteiger partial charge >= 0.3 is 0 Å². The SMILES string of the molecule is CCCNC(c1cncc2ccccc12)C1COCCO1. The first kappa shape index (κ1) is 14.4. The molecule has 1 saturated heterocycles. The van der Waals surface area contributed by atoms with Crippen LogP contribution in [0.5, 0.6) is 0 Å². The minimum atomic E-state index is 0.0397. The standard InChI is InChI=1S/C17H22N2O2/c1-2-7-19-17(16-12-20-8-9-21-16)15-11-18-10-13-5-3-4-6-14(13)15/h3-6,10-11,16-17,19H,2,7-9,12H2,1H3. The van der Waals surface area contributed by atoms with Gasteiger partial charge in [0.1, 0.15) is 6.10 Å². The van der Waals surface area contributed by atoms with E-state index in [0.29, 0.717) is 19.8 Å². The number of benzene rings is 1. The minimum Gasteiger partial charge on any atom is -0.376 e. The van der Waals surface area contributed by atoms with E-state index in [9.17, 15) is 0 Å². The predicted octanol–water partition coefficient (Wildman–Crippen LogP) is 2.69. The highest BCUT2D eigenvalue weighted by atomic mass is 16.6. The highest BCUT2D eigenvalue weighted by Gasteiger charge is 2.27. The van der Waals surface area contributed by atoms with Gasteiger partial charge in [-0.15, -0.1) is 0 Å². The van der Waals surface area contributed by atoms with Gasteiger partial charge in [-0.1, -0.05) is 31.2 Å². The second-order valence-electron chi connectivity index (χ2n) is 5.37. The molecular formula is C17H22N2O2. The van der Waals surface area contributed by atoms with Gasteiger partial charge in [0.2, 0.25) is 0 Å². The maximum atomic E-state index is 5.93. The van der Waals surface area contributed by atoms with E-state index < -0.39 is 0 Å². The van der Waals surface area contributed by atoms with Crippen LogP contribution in [0.3, 0.4) is 0 Å². The molecule has 0 amide bonds. The lowest BCUT2D eigenvalue weighted by Gasteiger charge is -2.32. The van der Waals surface area contributed by atoms with Gasteiger partial charge < -0.3 is 14.8 Å². The van der Waals surface area contributed by atoms with Gasteiger partial charge in [-0.05, 0) is 23.9 Å². The molecule has 21 heavy (non-hydrogen) atoms. The number of hydrogen-bond acceptors (Lipinski definition) is 4. The number of nitrogens with zero attached hydrogens (tertiary/aromatic N) is 1. The van der Waals surface area contributed by atoms with Crippen LogP contribution in [0.15, 0.2) is 36.7 Å². The molecule has 0 bridgehead atoms. The molecule has 4 nitrogen and oxygen atoms in total. The third-order valence-corrected chi connectivity index (χ3v) is 3.86. The number of fused-ring (bicyclic) bond motifs is 1. The van der Waals surface area contributed by atoms with Crippen LogP contribution in [0.2, 0.25) is 0 Å². The molecule has 4 heteroatoms. The molecule has 1 fully saturated rings. The summed E-state index contributed by atoms with van der Waals surface area (Å²) >= 11 is 0. The molecule has 1 N–H and O–H groups in total. The van der Waals surface area contributed by atoms with E-state index in [1.54, 1.807) is 0 Å². The molecule has 2 heterocycles. The highest BCUT2D eigenvalue weighted by Crippen LogP contribution is 2.27. The molecule has 2 aromatic rings. The first-order chi connectivity index (χ1) is 10.4. The third-order valence-electron chi connectivity index (χ3n) is 3.86. The van der Waals surface area contributed by atoms with Crippen molar-refractivity contribution in [2.45, 2.75) is 25.5 Å². The largest absolute Gasteiger partial charge is 0.376 e. The van der Waals surface area contributed by atoms with Crippen molar-refractivity contribution in [3.8, 4) is 0 Å². The zero-order valence-electron chi connectivity index (χ0n) is 12.4. The number of ether oxygens (including phenoxy) is 2.